The molecule has 0 aliphatic rings. The Balaban J connectivity index is 1.76. The van der Waals surface area contributed by atoms with Crippen molar-refractivity contribution in [2.75, 3.05) is 29.5 Å². The van der Waals surface area contributed by atoms with Crippen LogP contribution in [0.25, 0.3) is 11.0 Å². The van der Waals surface area contributed by atoms with Gasteiger partial charge in [-0.2, -0.15) is 9.97 Å². The third kappa shape index (κ3) is 6.62. The number of carboxylic acid groups (broad SMARTS) is 2. The Morgan fingerprint density at radius 1 is 1.14 bits per heavy atom. The maximum absolute atomic E-state index is 12.7. The molecule has 14 heteroatoms. The van der Waals surface area contributed by atoms with Gasteiger partial charge in [0.25, 0.3) is 5.91 Å². The molecule has 0 radical (unpaired) electrons. The van der Waals surface area contributed by atoms with Crippen LogP contribution in [0.3, 0.4) is 0 Å². The Morgan fingerprint density at radius 3 is 2.46 bits per heavy atom. The van der Waals surface area contributed by atoms with Crippen LogP contribution in [0.5, 0.6) is 0 Å². The summed E-state index contributed by atoms with van der Waals surface area (Å²) in [5.74, 6) is -2.96. The van der Waals surface area contributed by atoms with Gasteiger partial charge in [0.2, 0.25) is 5.95 Å². The van der Waals surface area contributed by atoms with Gasteiger partial charge in [-0.05, 0) is 49.6 Å². The van der Waals surface area contributed by atoms with E-state index >= 15 is 0 Å². The van der Waals surface area contributed by atoms with Gasteiger partial charge in [0.05, 0.1) is 12.0 Å². The number of nitrogen functional groups attached to an aromatic ring is 2. The van der Waals surface area contributed by atoms with Crippen LogP contribution in [0, 0.1) is 0 Å². The highest BCUT2D eigenvalue weighted by Gasteiger charge is 2.23. The number of amides is 2. The molecule has 0 aliphatic carbocycles. The number of ether oxygens (including phenoxy) is 1. The van der Waals surface area contributed by atoms with Gasteiger partial charge in [-0.1, -0.05) is 0 Å². The van der Waals surface area contributed by atoms with Crippen molar-refractivity contribution in [3.63, 3.8) is 0 Å². The predicted molar refractivity (Wildman–Crippen MR) is 133 cm³/mol. The molecule has 0 saturated carbocycles. The van der Waals surface area contributed by atoms with Crippen LogP contribution in [-0.4, -0.2) is 68.3 Å². The van der Waals surface area contributed by atoms with E-state index in [9.17, 15) is 24.3 Å². The number of carboxylic acids is 2. The minimum absolute atomic E-state index is 0.0345. The van der Waals surface area contributed by atoms with Crippen LogP contribution in [0.1, 0.15) is 35.7 Å². The Labute approximate surface area is 210 Å². The number of benzene rings is 1. The summed E-state index contributed by atoms with van der Waals surface area (Å²) in [4.78, 5) is 59.7. The molecule has 0 saturated heterocycles. The van der Waals surface area contributed by atoms with Gasteiger partial charge in [0.1, 0.15) is 17.5 Å². The molecule has 0 unspecified atom stereocenters. The zero-order valence-corrected chi connectivity index (χ0v) is 19.9. The maximum Gasteiger partial charge on any atom is 0.414 e. The van der Waals surface area contributed by atoms with E-state index in [1.165, 1.54) is 29.2 Å². The van der Waals surface area contributed by atoms with E-state index in [1.54, 1.807) is 13.1 Å². The van der Waals surface area contributed by atoms with Crippen LogP contribution in [-0.2, 0) is 20.7 Å². The summed E-state index contributed by atoms with van der Waals surface area (Å²) < 4.78 is 5.18. The predicted octanol–water partition coefficient (Wildman–Crippen LogP) is 1.38. The molecular formula is C23H27N7O7. The topological polar surface area (TPSA) is 227 Å². The van der Waals surface area contributed by atoms with Gasteiger partial charge >= 0.3 is 18.0 Å². The van der Waals surface area contributed by atoms with Crippen LogP contribution in [0.2, 0.25) is 0 Å². The maximum atomic E-state index is 12.7. The number of fused-ring (bicyclic) bond motifs is 1. The first-order chi connectivity index (χ1) is 17.6. The average molecular weight is 514 g/mol. The Bertz CT molecular complexity index is 1310. The zero-order valence-electron chi connectivity index (χ0n) is 19.9. The van der Waals surface area contributed by atoms with Crippen LogP contribution in [0.4, 0.5) is 22.2 Å². The quantitative estimate of drug-likeness (QED) is 0.214. The second-order valence-electron chi connectivity index (χ2n) is 7.95. The molecule has 2 aromatic heterocycles. The number of hydrogen-bond acceptors (Lipinski definition) is 9. The largest absolute Gasteiger partial charge is 0.481 e. The molecule has 8 N–H and O–H groups in total. The van der Waals surface area contributed by atoms with Gasteiger partial charge in [-0.3, -0.25) is 14.5 Å². The van der Waals surface area contributed by atoms with E-state index in [1.807, 2.05) is 0 Å². The Hall–Kier alpha value is -4.88. The SMILES string of the molecule is CCOC(=O)N(CCc1c[nH]c2nc(N)nc(N)c12)c1ccc(C(=O)N[C@@H](CCC(=O)O)C(=O)O)cc1. The third-order valence-corrected chi connectivity index (χ3v) is 5.44. The van der Waals surface area contributed by atoms with E-state index in [4.69, 9.17) is 21.3 Å². The molecule has 37 heavy (non-hydrogen) atoms. The highest BCUT2D eigenvalue weighted by Crippen LogP contribution is 2.24. The van der Waals surface area contributed by atoms with Gasteiger partial charge in [-0.25, -0.2) is 9.59 Å². The first-order valence-electron chi connectivity index (χ1n) is 11.3. The molecule has 0 spiro atoms. The average Bonchev–Trinajstić information content (AvgIpc) is 3.25. The van der Waals surface area contributed by atoms with Gasteiger partial charge in [0, 0.05) is 30.4 Å². The monoisotopic (exact) mass is 513 g/mol. The lowest BCUT2D eigenvalue weighted by Gasteiger charge is -2.22. The lowest BCUT2D eigenvalue weighted by atomic mass is 10.1. The molecule has 196 valence electrons. The first kappa shape index (κ1) is 26.7. The van der Waals surface area contributed by atoms with Gasteiger partial charge in [-0.15, -0.1) is 0 Å². The standard InChI is InChI=1S/C23H27N7O7/c1-2-37-23(36)30(10-9-13-11-26-19-17(13)18(24)28-22(25)29-19)14-5-3-12(4-6-14)20(33)27-15(21(34)35)7-8-16(31)32/h3-6,11,15H,2,7-10H2,1H3,(H,27,33)(H,31,32)(H,34,35)(H5,24,25,26,28,29)/t15-/m0/s1. The van der Waals surface area contributed by atoms with Gasteiger partial charge < -0.3 is 36.7 Å². The Kier molecular flexibility index (Phi) is 8.45. The Morgan fingerprint density at radius 2 is 1.84 bits per heavy atom. The minimum atomic E-state index is -1.36. The lowest BCUT2D eigenvalue weighted by Crippen LogP contribution is -2.41. The molecular weight excluding hydrogens is 486 g/mol. The summed E-state index contributed by atoms with van der Waals surface area (Å²) in [7, 11) is 0. The van der Waals surface area contributed by atoms with Crippen molar-refractivity contribution in [1.29, 1.82) is 0 Å². The van der Waals surface area contributed by atoms with Crippen molar-refractivity contribution >= 4 is 52.4 Å². The molecule has 1 aromatic carbocycles. The van der Waals surface area contributed by atoms with Crippen molar-refractivity contribution in [2.24, 2.45) is 0 Å². The molecule has 14 nitrogen and oxygen atoms in total. The van der Waals surface area contributed by atoms with Crippen LogP contribution >= 0.6 is 0 Å². The summed E-state index contributed by atoms with van der Waals surface area (Å²) in [5.41, 5.74) is 13.4. The van der Waals surface area contributed by atoms with E-state index < -0.39 is 36.4 Å². The van der Waals surface area contributed by atoms with Crippen LogP contribution < -0.4 is 21.7 Å². The summed E-state index contributed by atoms with van der Waals surface area (Å²) in [6.07, 6.45) is 0.790. The second-order valence-corrected chi connectivity index (χ2v) is 7.95. The summed E-state index contributed by atoms with van der Waals surface area (Å²) in [5, 5.41) is 20.9. The fourth-order valence-corrected chi connectivity index (χ4v) is 3.66. The fraction of sp³-hybridized carbons (Fsp3) is 0.304. The fourth-order valence-electron chi connectivity index (χ4n) is 3.66. The number of anilines is 3. The lowest BCUT2D eigenvalue weighted by molar-refractivity contribution is -0.140. The number of aromatic nitrogens is 3. The summed E-state index contributed by atoms with van der Waals surface area (Å²) in [6.45, 7) is 2.02. The number of aromatic amines is 1. The number of carbonyl (C=O) groups is 4. The van der Waals surface area contributed by atoms with E-state index in [-0.39, 0.29) is 36.9 Å². The number of H-pyrrole nitrogens is 1. The van der Waals surface area contributed by atoms with Crippen molar-refractivity contribution in [2.45, 2.75) is 32.2 Å². The molecule has 3 rings (SSSR count). The molecule has 1 atom stereocenters. The number of hydrogen-bond donors (Lipinski definition) is 6. The number of aliphatic carboxylic acids is 2. The van der Waals surface area contributed by atoms with Crippen molar-refractivity contribution in [1.82, 2.24) is 20.3 Å². The van der Waals surface area contributed by atoms with Crippen LogP contribution in [0.15, 0.2) is 30.5 Å². The molecule has 0 fully saturated rings. The number of nitrogens with one attached hydrogen (secondary N) is 2. The molecule has 2 heterocycles. The number of rotatable bonds is 11. The second kappa shape index (κ2) is 11.7. The van der Waals surface area contributed by atoms with Crippen molar-refractivity contribution < 1.29 is 34.1 Å². The van der Waals surface area contributed by atoms with E-state index in [2.05, 4.69) is 20.3 Å². The highest BCUT2D eigenvalue weighted by molar-refractivity contribution is 5.97. The third-order valence-electron chi connectivity index (χ3n) is 5.44. The number of nitrogens with two attached hydrogens (primary N) is 2. The first-order valence-corrected chi connectivity index (χ1v) is 11.3. The van der Waals surface area contributed by atoms with E-state index in [0.29, 0.717) is 23.1 Å². The molecule has 0 aliphatic heterocycles. The zero-order chi connectivity index (χ0) is 27.1. The van der Waals surface area contributed by atoms with Gasteiger partial charge in [0.15, 0.2) is 0 Å². The summed E-state index contributed by atoms with van der Waals surface area (Å²) >= 11 is 0. The van der Waals surface area contributed by atoms with E-state index in [0.717, 1.165) is 5.56 Å². The molecule has 3 aromatic rings. The minimum Gasteiger partial charge on any atom is -0.481 e. The normalized spacial score (nSPS) is 11.6. The highest BCUT2D eigenvalue weighted by atomic mass is 16.6. The number of nitrogens with zero attached hydrogens (tertiary/aromatic N) is 3. The molecule has 2 amide bonds. The molecule has 0 bridgehead atoms. The van der Waals surface area contributed by atoms with Crippen molar-refractivity contribution in [3.8, 4) is 0 Å². The summed E-state index contributed by atoms with van der Waals surface area (Å²) in [6, 6.07) is 4.53. The van der Waals surface area contributed by atoms with Crippen molar-refractivity contribution in [3.05, 3.63) is 41.6 Å². The number of carbonyl (C=O) groups excluding carboxylic acids is 2. The smallest absolute Gasteiger partial charge is 0.414 e.